The fraction of sp³-hybridized carbons (Fsp3) is 0.368. The van der Waals surface area contributed by atoms with Gasteiger partial charge in [0.25, 0.3) is 0 Å². The maximum atomic E-state index is 9.43. The van der Waals surface area contributed by atoms with Crippen LogP contribution < -0.4 is 10.6 Å². The molecule has 2 N–H and O–H groups in total. The van der Waals surface area contributed by atoms with Crippen molar-refractivity contribution in [3.05, 3.63) is 60.1 Å². The Morgan fingerprint density at radius 1 is 1.38 bits per heavy atom. The molecule has 24 heavy (non-hydrogen) atoms. The van der Waals surface area contributed by atoms with Crippen LogP contribution in [0.4, 0.5) is 5.88 Å². The number of benzene rings is 1. The van der Waals surface area contributed by atoms with Crippen LogP contribution in [-0.2, 0) is 6.54 Å². The third-order valence-electron chi connectivity index (χ3n) is 3.78. The number of aromatic nitrogens is 1. The number of rotatable bonds is 6. The standard InChI is InChI=1S/C19H24N4O/c1-5-11-23(13-14-9-7-6-8-10-14)18-15(12-20)22-17(24-18)16(21)19(2,3)4/h5-10,16H,1,11,13,21H2,2-4H3/t16-/m1/s1. The summed E-state index contributed by atoms with van der Waals surface area (Å²) in [7, 11) is 0. The molecule has 0 fully saturated rings. The molecule has 0 saturated heterocycles. The Morgan fingerprint density at radius 3 is 2.58 bits per heavy atom. The highest BCUT2D eigenvalue weighted by atomic mass is 16.4. The molecule has 1 heterocycles. The number of anilines is 1. The van der Waals surface area contributed by atoms with Crippen LogP contribution in [0.5, 0.6) is 0 Å². The molecule has 2 aromatic rings. The number of nitriles is 1. The zero-order chi connectivity index (χ0) is 17.7. The van der Waals surface area contributed by atoms with Gasteiger partial charge in [0.2, 0.25) is 17.5 Å². The molecule has 1 atom stereocenters. The molecule has 5 heteroatoms. The maximum Gasteiger partial charge on any atom is 0.235 e. The van der Waals surface area contributed by atoms with Gasteiger partial charge in [-0.15, -0.1) is 6.58 Å². The van der Waals surface area contributed by atoms with Crippen LogP contribution in [0.2, 0.25) is 0 Å². The first-order chi connectivity index (χ1) is 11.4. The van der Waals surface area contributed by atoms with E-state index in [1.54, 1.807) is 6.08 Å². The van der Waals surface area contributed by atoms with Gasteiger partial charge in [-0.05, 0) is 11.0 Å². The molecule has 0 unspecified atom stereocenters. The Hall–Kier alpha value is -2.58. The van der Waals surface area contributed by atoms with Gasteiger partial charge in [-0.1, -0.05) is 57.2 Å². The van der Waals surface area contributed by atoms with Gasteiger partial charge < -0.3 is 15.1 Å². The fourth-order valence-corrected chi connectivity index (χ4v) is 2.30. The SMILES string of the molecule is C=CCN(Cc1ccccc1)c1oc([C@@H](N)C(C)(C)C)nc1C#N. The molecule has 0 spiro atoms. The topological polar surface area (TPSA) is 79.1 Å². The van der Waals surface area contributed by atoms with Crippen molar-refractivity contribution in [2.24, 2.45) is 11.1 Å². The van der Waals surface area contributed by atoms with Crippen LogP contribution in [0.1, 0.15) is 44.0 Å². The van der Waals surface area contributed by atoms with E-state index in [0.29, 0.717) is 24.9 Å². The van der Waals surface area contributed by atoms with Gasteiger partial charge in [0.05, 0.1) is 6.04 Å². The molecule has 0 radical (unpaired) electrons. The molecule has 1 aromatic carbocycles. The molecule has 0 bridgehead atoms. The van der Waals surface area contributed by atoms with E-state index >= 15 is 0 Å². The number of hydrogen-bond acceptors (Lipinski definition) is 5. The fourth-order valence-electron chi connectivity index (χ4n) is 2.30. The van der Waals surface area contributed by atoms with E-state index in [1.807, 2.05) is 56.0 Å². The zero-order valence-corrected chi connectivity index (χ0v) is 14.5. The van der Waals surface area contributed by atoms with Gasteiger partial charge in [-0.3, -0.25) is 0 Å². The summed E-state index contributed by atoms with van der Waals surface area (Å²) in [6.45, 7) is 11.0. The van der Waals surface area contributed by atoms with Crippen molar-refractivity contribution in [2.75, 3.05) is 11.4 Å². The van der Waals surface area contributed by atoms with Crippen molar-refractivity contribution in [2.45, 2.75) is 33.4 Å². The summed E-state index contributed by atoms with van der Waals surface area (Å²) in [6, 6.07) is 11.7. The molecule has 126 valence electrons. The maximum absolute atomic E-state index is 9.43. The first kappa shape index (κ1) is 17.8. The number of oxazole rings is 1. The van der Waals surface area contributed by atoms with Crippen LogP contribution in [0.25, 0.3) is 0 Å². The first-order valence-electron chi connectivity index (χ1n) is 7.93. The molecular formula is C19H24N4O. The van der Waals surface area contributed by atoms with Crippen molar-refractivity contribution in [1.29, 1.82) is 5.26 Å². The van der Waals surface area contributed by atoms with E-state index in [0.717, 1.165) is 5.56 Å². The van der Waals surface area contributed by atoms with Gasteiger partial charge in [0, 0.05) is 13.1 Å². The number of nitrogens with zero attached hydrogens (tertiary/aromatic N) is 3. The van der Waals surface area contributed by atoms with E-state index in [9.17, 15) is 5.26 Å². The van der Waals surface area contributed by atoms with Gasteiger partial charge in [0.1, 0.15) is 6.07 Å². The van der Waals surface area contributed by atoms with Crippen LogP contribution >= 0.6 is 0 Å². The Balaban J connectivity index is 2.37. The molecule has 0 aliphatic carbocycles. The minimum atomic E-state index is -0.388. The third-order valence-corrected chi connectivity index (χ3v) is 3.78. The molecule has 2 rings (SSSR count). The monoisotopic (exact) mass is 324 g/mol. The first-order valence-corrected chi connectivity index (χ1v) is 7.93. The Bertz CT molecular complexity index is 722. The molecule has 0 aliphatic rings. The van der Waals surface area contributed by atoms with Crippen LogP contribution in [0.3, 0.4) is 0 Å². The predicted molar refractivity (Wildman–Crippen MR) is 95.3 cm³/mol. The van der Waals surface area contributed by atoms with Crippen LogP contribution in [-0.4, -0.2) is 11.5 Å². The third kappa shape index (κ3) is 4.03. The Kier molecular flexibility index (Phi) is 5.42. The van der Waals surface area contributed by atoms with Crippen molar-refractivity contribution in [3.8, 4) is 6.07 Å². The van der Waals surface area contributed by atoms with Gasteiger partial charge >= 0.3 is 0 Å². The highest BCUT2D eigenvalue weighted by Crippen LogP contribution is 2.33. The molecule has 0 amide bonds. The lowest BCUT2D eigenvalue weighted by Gasteiger charge is -2.24. The summed E-state index contributed by atoms with van der Waals surface area (Å²) < 4.78 is 5.90. The lowest BCUT2D eigenvalue weighted by atomic mass is 9.87. The second-order valence-corrected chi connectivity index (χ2v) is 6.82. The van der Waals surface area contributed by atoms with E-state index in [1.165, 1.54) is 0 Å². The summed E-state index contributed by atoms with van der Waals surface area (Å²) in [4.78, 5) is 6.25. The second kappa shape index (κ2) is 7.33. The molecule has 1 aromatic heterocycles. The van der Waals surface area contributed by atoms with E-state index in [-0.39, 0.29) is 17.2 Å². The average Bonchev–Trinajstić information content (AvgIpc) is 2.98. The summed E-state index contributed by atoms with van der Waals surface area (Å²) in [5.74, 6) is 0.826. The summed E-state index contributed by atoms with van der Waals surface area (Å²) in [5, 5.41) is 9.43. The van der Waals surface area contributed by atoms with Crippen LogP contribution in [0, 0.1) is 16.7 Å². The number of nitrogens with two attached hydrogens (primary N) is 1. The van der Waals surface area contributed by atoms with Gasteiger partial charge in [-0.25, -0.2) is 0 Å². The average molecular weight is 324 g/mol. The van der Waals surface area contributed by atoms with Crippen molar-refractivity contribution in [1.82, 2.24) is 4.98 Å². The van der Waals surface area contributed by atoms with Crippen molar-refractivity contribution < 1.29 is 4.42 Å². The lowest BCUT2D eigenvalue weighted by molar-refractivity contribution is 0.277. The molecule has 0 saturated carbocycles. The Labute approximate surface area is 143 Å². The Morgan fingerprint density at radius 2 is 2.04 bits per heavy atom. The van der Waals surface area contributed by atoms with Crippen molar-refractivity contribution in [3.63, 3.8) is 0 Å². The van der Waals surface area contributed by atoms with E-state index in [4.69, 9.17) is 10.2 Å². The molecular weight excluding hydrogens is 300 g/mol. The van der Waals surface area contributed by atoms with Crippen LogP contribution in [0.15, 0.2) is 47.4 Å². The largest absolute Gasteiger partial charge is 0.422 e. The second-order valence-electron chi connectivity index (χ2n) is 6.82. The van der Waals surface area contributed by atoms with E-state index < -0.39 is 0 Å². The number of hydrogen-bond donors (Lipinski definition) is 1. The quantitative estimate of drug-likeness (QED) is 0.818. The van der Waals surface area contributed by atoms with Gasteiger partial charge in [0.15, 0.2) is 0 Å². The summed E-state index contributed by atoms with van der Waals surface area (Å²) in [5.41, 5.74) is 7.39. The minimum absolute atomic E-state index is 0.211. The zero-order valence-electron chi connectivity index (χ0n) is 14.5. The summed E-state index contributed by atoms with van der Waals surface area (Å²) in [6.07, 6.45) is 1.77. The lowest BCUT2D eigenvalue weighted by Crippen LogP contribution is -2.26. The molecule has 0 aliphatic heterocycles. The van der Waals surface area contributed by atoms with E-state index in [2.05, 4.69) is 17.6 Å². The normalized spacial score (nSPS) is 12.5. The predicted octanol–water partition coefficient (Wildman–Crippen LogP) is 3.78. The highest BCUT2D eigenvalue weighted by molar-refractivity contribution is 5.49. The van der Waals surface area contributed by atoms with Gasteiger partial charge in [-0.2, -0.15) is 10.2 Å². The highest BCUT2D eigenvalue weighted by Gasteiger charge is 2.29. The summed E-state index contributed by atoms with van der Waals surface area (Å²) >= 11 is 0. The van der Waals surface area contributed by atoms with Crippen molar-refractivity contribution >= 4 is 5.88 Å². The molecule has 5 nitrogen and oxygen atoms in total. The minimum Gasteiger partial charge on any atom is -0.422 e. The smallest absolute Gasteiger partial charge is 0.235 e.